The second kappa shape index (κ2) is 9.08. The topological polar surface area (TPSA) is 61.8 Å². The summed E-state index contributed by atoms with van der Waals surface area (Å²) in [5, 5.41) is 14.8. The van der Waals surface area contributed by atoms with Gasteiger partial charge in [-0.05, 0) is 29.8 Å². The predicted octanol–water partition coefficient (Wildman–Crippen LogP) is 1.02. The maximum atomic E-state index is 12.8. The largest absolute Gasteiger partial charge is 0.322 e. The number of amides is 1. The molecule has 4 rings (SSSR count). The van der Waals surface area contributed by atoms with Crippen molar-refractivity contribution in [3.05, 3.63) is 77.9 Å². The highest BCUT2D eigenvalue weighted by Gasteiger charge is 2.31. The van der Waals surface area contributed by atoms with Gasteiger partial charge in [-0.1, -0.05) is 54.6 Å². The molecule has 0 saturated carbocycles. The lowest BCUT2D eigenvalue weighted by Gasteiger charge is -2.32. The molecule has 0 aromatic heterocycles. The van der Waals surface area contributed by atoms with Crippen molar-refractivity contribution < 1.29 is 14.6 Å². The van der Waals surface area contributed by atoms with Crippen LogP contribution < -0.4 is 15.1 Å². The molecule has 0 unspecified atom stereocenters. The van der Waals surface area contributed by atoms with Crippen molar-refractivity contribution >= 4 is 22.4 Å². The maximum absolute atomic E-state index is 12.8. The number of nitriles is 1. The van der Waals surface area contributed by atoms with Crippen LogP contribution in [-0.4, -0.2) is 38.1 Å². The second-order valence-electron chi connectivity index (χ2n) is 8.09. The number of quaternary nitrogens is 2. The Labute approximate surface area is 177 Å². The first kappa shape index (κ1) is 20.1. The summed E-state index contributed by atoms with van der Waals surface area (Å²) in [4.78, 5) is 15.6. The molecule has 0 aliphatic carbocycles. The summed E-state index contributed by atoms with van der Waals surface area (Å²) in [6, 6.07) is 24.3. The number of hydrogen-bond acceptors (Lipinski definition) is 2. The Morgan fingerprint density at radius 2 is 1.70 bits per heavy atom. The number of anilines is 1. The van der Waals surface area contributed by atoms with Crippen LogP contribution in [0.2, 0.25) is 0 Å². The third-order valence-corrected chi connectivity index (χ3v) is 6.23. The summed E-state index contributed by atoms with van der Waals surface area (Å²) < 4.78 is 0. The number of benzene rings is 3. The first-order chi connectivity index (χ1) is 14.7. The number of carbonyl (C=O) groups is 1. The molecule has 3 N–H and O–H groups in total. The zero-order valence-electron chi connectivity index (χ0n) is 17.3. The molecule has 3 aromatic carbocycles. The average molecular weight is 401 g/mol. The van der Waals surface area contributed by atoms with E-state index < -0.39 is 0 Å². The molecule has 0 bridgehead atoms. The van der Waals surface area contributed by atoms with Crippen molar-refractivity contribution in [1.82, 2.24) is 0 Å². The Balaban J connectivity index is 1.35. The summed E-state index contributed by atoms with van der Waals surface area (Å²) in [6.07, 6.45) is 0. The van der Waals surface area contributed by atoms with E-state index in [1.807, 2.05) is 13.0 Å². The number of hydrogen-bond donors (Lipinski definition) is 3. The van der Waals surface area contributed by atoms with E-state index in [1.54, 1.807) is 23.1 Å². The first-order valence-corrected chi connectivity index (χ1v) is 10.6. The van der Waals surface area contributed by atoms with Gasteiger partial charge in [0.05, 0.1) is 11.3 Å². The molecular formula is C25H28N4O+2. The van der Waals surface area contributed by atoms with Crippen molar-refractivity contribution in [2.45, 2.75) is 19.5 Å². The van der Waals surface area contributed by atoms with E-state index in [0.717, 1.165) is 32.7 Å². The standard InChI is InChI=1S/C25H26N4O/c1-19(25(30)27-24-12-5-3-8-21(24)17-26)29-15-13-28(14-16-29)18-22-10-6-9-20-7-2-4-11-23(20)22/h2-12,19H,13-16,18H2,1H3,(H,27,30)/p+2/t19-/m0/s1. The molecular weight excluding hydrogens is 372 g/mol. The summed E-state index contributed by atoms with van der Waals surface area (Å²) in [7, 11) is 0. The third-order valence-electron chi connectivity index (χ3n) is 6.23. The molecule has 1 aliphatic heterocycles. The van der Waals surface area contributed by atoms with Gasteiger partial charge in [-0.2, -0.15) is 5.26 Å². The Bertz CT molecular complexity index is 1070. The maximum Gasteiger partial charge on any atom is 0.282 e. The number of fused-ring (bicyclic) bond motifs is 1. The lowest BCUT2D eigenvalue weighted by molar-refractivity contribution is -1.02. The molecule has 30 heavy (non-hydrogen) atoms. The van der Waals surface area contributed by atoms with Gasteiger partial charge in [0.25, 0.3) is 5.91 Å². The molecule has 0 spiro atoms. The lowest BCUT2D eigenvalue weighted by atomic mass is 10.0. The monoisotopic (exact) mass is 400 g/mol. The smallest absolute Gasteiger partial charge is 0.282 e. The Morgan fingerprint density at radius 1 is 1.00 bits per heavy atom. The van der Waals surface area contributed by atoms with Crippen LogP contribution in [0.25, 0.3) is 10.8 Å². The number of rotatable bonds is 5. The molecule has 1 amide bonds. The average Bonchev–Trinajstić information content (AvgIpc) is 2.79. The van der Waals surface area contributed by atoms with Crippen LogP contribution in [0.5, 0.6) is 0 Å². The van der Waals surface area contributed by atoms with Gasteiger partial charge >= 0.3 is 0 Å². The molecule has 5 heteroatoms. The van der Waals surface area contributed by atoms with Crippen molar-refractivity contribution in [2.24, 2.45) is 0 Å². The van der Waals surface area contributed by atoms with Crippen LogP contribution >= 0.6 is 0 Å². The quantitative estimate of drug-likeness (QED) is 0.599. The lowest BCUT2D eigenvalue weighted by Crippen LogP contribution is -3.29. The van der Waals surface area contributed by atoms with Gasteiger partial charge in [0.2, 0.25) is 0 Å². The number of para-hydroxylation sites is 1. The number of nitrogens with one attached hydrogen (secondary N) is 3. The highest BCUT2D eigenvalue weighted by atomic mass is 16.2. The van der Waals surface area contributed by atoms with E-state index in [4.69, 9.17) is 0 Å². The van der Waals surface area contributed by atoms with Gasteiger partial charge in [0.1, 0.15) is 38.8 Å². The van der Waals surface area contributed by atoms with Crippen molar-refractivity contribution in [2.75, 3.05) is 31.5 Å². The molecule has 1 aliphatic rings. The molecule has 3 aromatic rings. The first-order valence-electron chi connectivity index (χ1n) is 10.6. The molecule has 1 saturated heterocycles. The number of piperazine rings is 1. The van der Waals surface area contributed by atoms with Crippen LogP contribution in [0.1, 0.15) is 18.1 Å². The van der Waals surface area contributed by atoms with E-state index in [2.05, 4.69) is 53.9 Å². The van der Waals surface area contributed by atoms with Crippen LogP contribution in [-0.2, 0) is 11.3 Å². The highest BCUT2D eigenvalue weighted by molar-refractivity contribution is 5.94. The van der Waals surface area contributed by atoms with Gasteiger partial charge in [0, 0.05) is 5.56 Å². The van der Waals surface area contributed by atoms with Crippen molar-refractivity contribution in [1.29, 1.82) is 5.26 Å². The van der Waals surface area contributed by atoms with Gasteiger partial charge in [-0.15, -0.1) is 0 Å². The molecule has 1 atom stereocenters. The summed E-state index contributed by atoms with van der Waals surface area (Å²) in [6.45, 7) is 7.03. The summed E-state index contributed by atoms with van der Waals surface area (Å²) in [5.41, 5.74) is 2.49. The van der Waals surface area contributed by atoms with E-state index in [9.17, 15) is 10.1 Å². The Hall–Kier alpha value is -3.20. The fourth-order valence-electron chi connectivity index (χ4n) is 4.37. The van der Waals surface area contributed by atoms with Crippen LogP contribution in [0.3, 0.4) is 0 Å². The van der Waals surface area contributed by atoms with Crippen LogP contribution in [0, 0.1) is 11.3 Å². The van der Waals surface area contributed by atoms with Crippen LogP contribution in [0.4, 0.5) is 5.69 Å². The molecule has 5 nitrogen and oxygen atoms in total. The van der Waals surface area contributed by atoms with Gasteiger partial charge in [-0.25, -0.2) is 0 Å². The second-order valence-corrected chi connectivity index (χ2v) is 8.09. The van der Waals surface area contributed by atoms with E-state index >= 15 is 0 Å². The zero-order valence-corrected chi connectivity index (χ0v) is 17.3. The van der Waals surface area contributed by atoms with Crippen molar-refractivity contribution in [3.8, 4) is 6.07 Å². The normalized spacial score (nSPS) is 19.7. The van der Waals surface area contributed by atoms with E-state index in [1.165, 1.54) is 21.2 Å². The number of carbonyl (C=O) groups excluding carboxylic acids is 1. The third kappa shape index (κ3) is 4.35. The molecule has 1 heterocycles. The van der Waals surface area contributed by atoms with Gasteiger partial charge < -0.3 is 15.1 Å². The fourth-order valence-corrected chi connectivity index (χ4v) is 4.37. The fraction of sp³-hybridized carbons (Fsp3) is 0.280. The predicted molar refractivity (Wildman–Crippen MR) is 118 cm³/mol. The van der Waals surface area contributed by atoms with Gasteiger partial charge in [0.15, 0.2) is 6.04 Å². The minimum Gasteiger partial charge on any atom is -0.322 e. The minimum atomic E-state index is -0.143. The highest BCUT2D eigenvalue weighted by Crippen LogP contribution is 2.17. The van der Waals surface area contributed by atoms with Gasteiger partial charge in [-0.3, -0.25) is 4.79 Å². The van der Waals surface area contributed by atoms with E-state index in [0.29, 0.717) is 11.3 Å². The zero-order chi connectivity index (χ0) is 20.9. The summed E-state index contributed by atoms with van der Waals surface area (Å²) in [5.74, 6) is -0.0230. The van der Waals surface area contributed by atoms with Crippen LogP contribution in [0.15, 0.2) is 66.7 Å². The molecule has 152 valence electrons. The number of nitrogens with zero attached hydrogens (tertiary/aromatic N) is 1. The SMILES string of the molecule is C[C@@H](C(=O)Nc1ccccc1C#N)[NH+]1CC[NH+](Cc2cccc3ccccc23)CC1. The Kier molecular flexibility index (Phi) is 6.08. The summed E-state index contributed by atoms with van der Waals surface area (Å²) >= 11 is 0. The Morgan fingerprint density at radius 3 is 2.50 bits per heavy atom. The van der Waals surface area contributed by atoms with E-state index in [-0.39, 0.29) is 11.9 Å². The molecule has 1 fully saturated rings. The molecule has 0 radical (unpaired) electrons. The van der Waals surface area contributed by atoms with Crippen molar-refractivity contribution in [3.63, 3.8) is 0 Å². The minimum absolute atomic E-state index is 0.0230.